The van der Waals surface area contributed by atoms with Crippen LogP contribution >= 0.6 is 11.8 Å². The summed E-state index contributed by atoms with van der Waals surface area (Å²) in [4.78, 5) is 12.3. The summed E-state index contributed by atoms with van der Waals surface area (Å²) >= 11 is 1.71. The maximum absolute atomic E-state index is 12.3. The molecule has 0 fully saturated rings. The van der Waals surface area contributed by atoms with Crippen molar-refractivity contribution >= 4 is 23.4 Å². The molecule has 0 aliphatic heterocycles. The quantitative estimate of drug-likeness (QED) is 0.245. The fourth-order valence-corrected chi connectivity index (χ4v) is 5.30. The SMILES string of the molecule is CC1C=CC=C(CSc2nnc(CCCCC(=O)NCC3=CCCC=C3)n2-c2cccc(N)c2)C1. The number of hydrogen-bond donors (Lipinski definition) is 2. The first-order chi connectivity index (χ1) is 17.1. The molecule has 7 heteroatoms. The van der Waals surface area contributed by atoms with E-state index in [1.54, 1.807) is 11.8 Å². The molecule has 1 aromatic carbocycles. The Morgan fingerprint density at radius 1 is 1.26 bits per heavy atom. The number of hydrogen-bond acceptors (Lipinski definition) is 5. The number of rotatable bonds is 11. The molecule has 0 saturated heterocycles. The predicted molar refractivity (Wildman–Crippen MR) is 145 cm³/mol. The molecular weight excluding hydrogens is 454 g/mol. The molecule has 1 heterocycles. The summed E-state index contributed by atoms with van der Waals surface area (Å²) in [6.07, 6.45) is 19.2. The van der Waals surface area contributed by atoms with E-state index in [9.17, 15) is 4.79 Å². The molecule has 0 spiro atoms. The number of nitrogen functional groups attached to an aromatic ring is 1. The minimum atomic E-state index is 0.0995. The van der Waals surface area contributed by atoms with Gasteiger partial charge in [0.1, 0.15) is 5.82 Å². The van der Waals surface area contributed by atoms with Gasteiger partial charge in [-0.25, -0.2) is 0 Å². The molecule has 1 unspecified atom stereocenters. The smallest absolute Gasteiger partial charge is 0.220 e. The van der Waals surface area contributed by atoms with Crippen molar-refractivity contribution in [1.82, 2.24) is 20.1 Å². The van der Waals surface area contributed by atoms with E-state index >= 15 is 0 Å². The van der Waals surface area contributed by atoms with Crippen molar-refractivity contribution in [3.05, 3.63) is 77.7 Å². The lowest BCUT2D eigenvalue weighted by Gasteiger charge is -2.15. The van der Waals surface area contributed by atoms with Gasteiger partial charge in [-0.3, -0.25) is 9.36 Å². The van der Waals surface area contributed by atoms with Crippen LogP contribution in [0, 0.1) is 5.92 Å². The third-order valence-electron chi connectivity index (χ3n) is 6.19. The predicted octanol–water partition coefficient (Wildman–Crippen LogP) is 5.57. The topological polar surface area (TPSA) is 85.8 Å². The zero-order chi connectivity index (χ0) is 24.5. The lowest BCUT2D eigenvalue weighted by Crippen LogP contribution is -2.25. The van der Waals surface area contributed by atoms with E-state index in [1.165, 1.54) is 11.1 Å². The van der Waals surface area contributed by atoms with Crippen molar-refractivity contribution in [2.45, 2.75) is 57.0 Å². The minimum Gasteiger partial charge on any atom is -0.399 e. The van der Waals surface area contributed by atoms with Gasteiger partial charge in [-0.1, -0.05) is 66.8 Å². The number of nitrogens with zero attached hydrogens (tertiary/aromatic N) is 3. The van der Waals surface area contributed by atoms with Gasteiger partial charge in [0, 0.05) is 30.8 Å². The van der Waals surface area contributed by atoms with E-state index in [2.05, 4.69) is 63.5 Å². The van der Waals surface area contributed by atoms with E-state index in [-0.39, 0.29) is 5.91 Å². The molecule has 4 rings (SSSR count). The Hall–Kier alpha value is -3.06. The number of benzene rings is 1. The van der Waals surface area contributed by atoms with Gasteiger partial charge in [0.25, 0.3) is 0 Å². The number of amides is 1. The first-order valence-corrected chi connectivity index (χ1v) is 13.5. The summed E-state index contributed by atoms with van der Waals surface area (Å²) in [5.74, 6) is 2.47. The van der Waals surface area contributed by atoms with Crippen molar-refractivity contribution in [2.75, 3.05) is 18.0 Å². The second-order valence-electron chi connectivity index (χ2n) is 9.25. The molecule has 2 aromatic rings. The maximum atomic E-state index is 12.3. The van der Waals surface area contributed by atoms with Crippen LogP contribution in [0.25, 0.3) is 5.69 Å². The lowest BCUT2D eigenvalue weighted by atomic mass is 9.97. The number of carbonyl (C=O) groups is 1. The van der Waals surface area contributed by atoms with E-state index in [4.69, 9.17) is 5.73 Å². The highest BCUT2D eigenvalue weighted by Crippen LogP contribution is 2.28. The van der Waals surface area contributed by atoms with Crippen LogP contribution in [-0.2, 0) is 11.2 Å². The molecule has 184 valence electrons. The zero-order valence-corrected chi connectivity index (χ0v) is 21.3. The van der Waals surface area contributed by atoms with Crippen molar-refractivity contribution in [2.24, 2.45) is 5.92 Å². The molecule has 1 atom stereocenters. The minimum absolute atomic E-state index is 0.0995. The molecule has 3 N–H and O–H groups in total. The second-order valence-corrected chi connectivity index (χ2v) is 10.2. The number of nitrogens with two attached hydrogens (primary N) is 1. The number of thioether (sulfide) groups is 1. The summed E-state index contributed by atoms with van der Waals surface area (Å²) in [7, 11) is 0. The summed E-state index contributed by atoms with van der Waals surface area (Å²) < 4.78 is 2.12. The standard InChI is InChI=1S/C28H35N5OS/c1-21-9-7-12-23(17-21)20-35-28-32-31-26(33(28)25-14-8-13-24(29)18-25)15-5-6-16-27(34)30-19-22-10-3-2-4-11-22/h3,7-14,18,21H,2,4-6,15-17,19-20,29H2,1H3,(H,30,34). The van der Waals surface area contributed by atoms with Crippen LogP contribution in [0.4, 0.5) is 5.69 Å². The van der Waals surface area contributed by atoms with Crippen molar-refractivity contribution in [3.8, 4) is 5.69 Å². The van der Waals surface area contributed by atoms with E-state index < -0.39 is 0 Å². The number of allylic oxidation sites excluding steroid dienone is 5. The molecule has 6 nitrogen and oxygen atoms in total. The Bertz CT molecular complexity index is 1140. The summed E-state index contributed by atoms with van der Waals surface area (Å²) in [5, 5.41) is 12.9. The largest absolute Gasteiger partial charge is 0.399 e. The van der Waals surface area contributed by atoms with Gasteiger partial charge in [0.05, 0.1) is 5.69 Å². The second kappa shape index (κ2) is 12.6. The Labute approximate surface area is 212 Å². The van der Waals surface area contributed by atoms with Gasteiger partial charge in [-0.05, 0) is 61.8 Å². The number of nitrogens with one attached hydrogen (secondary N) is 1. The molecule has 2 aliphatic carbocycles. The zero-order valence-electron chi connectivity index (χ0n) is 20.5. The van der Waals surface area contributed by atoms with Gasteiger partial charge in [-0.2, -0.15) is 0 Å². The third kappa shape index (κ3) is 7.46. The fourth-order valence-electron chi connectivity index (χ4n) is 4.33. The highest BCUT2D eigenvalue weighted by molar-refractivity contribution is 7.99. The number of aryl methyl sites for hydroxylation is 1. The summed E-state index contributed by atoms with van der Waals surface area (Å²) in [6, 6.07) is 7.85. The van der Waals surface area contributed by atoms with Crippen LogP contribution in [0.15, 0.2) is 77.0 Å². The third-order valence-corrected chi connectivity index (χ3v) is 7.22. The molecule has 0 saturated carbocycles. The molecule has 1 amide bonds. The van der Waals surface area contributed by atoms with Crippen molar-refractivity contribution in [1.29, 1.82) is 0 Å². The Morgan fingerprint density at radius 2 is 2.17 bits per heavy atom. The van der Waals surface area contributed by atoms with Crippen LogP contribution < -0.4 is 11.1 Å². The average molecular weight is 490 g/mol. The van der Waals surface area contributed by atoms with Gasteiger partial charge in [0.15, 0.2) is 5.16 Å². The fraction of sp³-hybridized carbons (Fsp3) is 0.393. The lowest BCUT2D eigenvalue weighted by molar-refractivity contribution is -0.121. The number of unbranched alkanes of at least 4 members (excludes halogenated alkanes) is 1. The molecule has 2 aliphatic rings. The van der Waals surface area contributed by atoms with Crippen LogP contribution in [0.5, 0.6) is 0 Å². The molecule has 0 bridgehead atoms. The number of carbonyl (C=O) groups excluding carboxylic acids is 1. The molecular formula is C28H35N5OS. The van der Waals surface area contributed by atoms with Gasteiger partial charge in [0.2, 0.25) is 5.91 Å². The van der Waals surface area contributed by atoms with Crippen LogP contribution in [0.2, 0.25) is 0 Å². The van der Waals surface area contributed by atoms with E-state index in [0.717, 1.165) is 60.9 Å². The van der Waals surface area contributed by atoms with Gasteiger partial charge < -0.3 is 11.1 Å². The number of aromatic nitrogens is 3. The van der Waals surface area contributed by atoms with E-state index in [1.807, 2.05) is 24.3 Å². The highest BCUT2D eigenvalue weighted by Gasteiger charge is 2.16. The Morgan fingerprint density at radius 3 is 2.97 bits per heavy atom. The molecule has 1 aromatic heterocycles. The van der Waals surface area contributed by atoms with Gasteiger partial charge >= 0.3 is 0 Å². The highest BCUT2D eigenvalue weighted by atomic mass is 32.2. The average Bonchev–Trinajstić information content (AvgIpc) is 3.27. The van der Waals surface area contributed by atoms with Crippen LogP contribution in [-0.4, -0.2) is 33.0 Å². The van der Waals surface area contributed by atoms with Gasteiger partial charge in [-0.15, -0.1) is 10.2 Å². The van der Waals surface area contributed by atoms with E-state index in [0.29, 0.717) is 24.6 Å². The summed E-state index contributed by atoms with van der Waals surface area (Å²) in [6.45, 7) is 2.86. The van der Waals surface area contributed by atoms with Crippen molar-refractivity contribution in [3.63, 3.8) is 0 Å². The van der Waals surface area contributed by atoms with Crippen molar-refractivity contribution < 1.29 is 4.79 Å². The first kappa shape index (κ1) is 25.0. The van der Waals surface area contributed by atoms with Crippen LogP contribution in [0.1, 0.15) is 51.3 Å². The monoisotopic (exact) mass is 489 g/mol. The molecule has 0 radical (unpaired) electrons. The molecule has 35 heavy (non-hydrogen) atoms. The normalized spacial score (nSPS) is 17.2. The maximum Gasteiger partial charge on any atom is 0.220 e. The first-order valence-electron chi connectivity index (χ1n) is 12.5. The Kier molecular flexibility index (Phi) is 9.01. The number of anilines is 1. The van der Waals surface area contributed by atoms with Crippen LogP contribution in [0.3, 0.4) is 0 Å². The summed E-state index contributed by atoms with van der Waals surface area (Å²) in [5.41, 5.74) is 10.4. The Balaban J connectivity index is 1.34.